The molecule has 1 rings (SSSR count). The zero-order valence-electron chi connectivity index (χ0n) is 33.3. The molecule has 0 unspecified atom stereocenters. The molecule has 0 bridgehead atoms. The van der Waals surface area contributed by atoms with Crippen LogP contribution in [0.5, 0.6) is 0 Å². The second kappa shape index (κ2) is 32.2. The number of carbonyl (C=O) groups excluding carboxylic acids is 1. The van der Waals surface area contributed by atoms with E-state index in [0.29, 0.717) is 12.8 Å². The van der Waals surface area contributed by atoms with Crippen molar-refractivity contribution in [3.8, 4) is 0 Å². The highest BCUT2D eigenvalue weighted by molar-refractivity contribution is 5.72. The quantitative estimate of drug-likeness (QED) is 0.0341. The number of nitrogens with zero attached hydrogens (tertiary/aromatic N) is 1. The average molecular weight is 747 g/mol. The number of nitrogens with two attached hydrogens (primary N) is 1. The number of amides is 2. The molecule has 0 aromatic heterocycles. The first-order chi connectivity index (χ1) is 25.2. The first-order valence-electron chi connectivity index (χ1n) is 21.5. The monoisotopic (exact) mass is 747 g/mol. The van der Waals surface area contributed by atoms with Gasteiger partial charge in [-0.3, -0.25) is 0 Å². The highest BCUT2D eigenvalue weighted by Crippen LogP contribution is 2.24. The van der Waals surface area contributed by atoms with Crippen molar-refractivity contribution in [3.05, 3.63) is 0 Å². The van der Waals surface area contributed by atoms with E-state index in [9.17, 15) is 35.4 Å². The molecule has 1 heterocycles. The Balaban J connectivity index is 2.60. The molecule has 0 aromatic rings. The SMILES string of the molecule is CCCCCCCCCCCCCCCCN(C(N)=O)[C@@H](CO[C@H]1O[C@H](CO)[C@H](O)[C@H](O)[C@H]1O)[C@H](O)[C@H](O)CCCCCCCCCCCCCC. The number of rotatable bonds is 35. The summed E-state index contributed by atoms with van der Waals surface area (Å²) in [5, 5.41) is 62.8. The lowest BCUT2D eigenvalue weighted by Gasteiger charge is -2.41. The molecule has 8 N–H and O–H groups in total. The number of urea groups is 1. The summed E-state index contributed by atoms with van der Waals surface area (Å²) in [6.07, 6.45) is 21.4. The van der Waals surface area contributed by atoms with Crippen LogP contribution < -0.4 is 5.73 Å². The average Bonchev–Trinajstić information content (AvgIpc) is 3.13. The number of aliphatic hydroxyl groups is 6. The maximum Gasteiger partial charge on any atom is 0.315 e. The van der Waals surface area contributed by atoms with Gasteiger partial charge in [-0.05, 0) is 12.8 Å². The minimum absolute atomic E-state index is 0.262. The summed E-state index contributed by atoms with van der Waals surface area (Å²) in [5.41, 5.74) is 5.82. The smallest absolute Gasteiger partial charge is 0.315 e. The fourth-order valence-corrected chi connectivity index (χ4v) is 7.31. The van der Waals surface area contributed by atoms with Crippen LogP contribution in [0.2, 0.25) is 0 Å². The van der Waals surface area contributed by atoms with Gasteiger partial charge < -0.3 is 50.7 Å². The van der Waals surface area contributed by atoms with E-state index in [2.05, 4.69) is 13.8 Å². The van der Waals surface area contributed by atoms with Gasteiger partial charge in [0.1, 0.15) is 30.5 Å². The Morgan fingerprint density at radius 2 is 1.04 bits per heavy atom. The topological polar surface area (TPSA) is 186 Å². The van der Waals surface area contributed by atoms with Crippen molar-refractivity contribution in [2.24, 2.45) is 5.73 Å². The van der Waals surface area contributed by atoms with Crippen molar-refractivity contribution in [2.75, 3.05) is 19.8 Å². The summed E-state index contributed by atoms with van der Waals surface area (Å²) in [4.78, 5) is 14.0. The molecule has 1 saturated heterocycles. The lowest BCUT2D eigenvalue weighted by atomic mass is 9.97. The second-order valence-electron chi connectivity index (χ2n) is 15.5. The van der Waals surface area contributed by atoms with Gasteiger partial charge in [0, 0.05) is 6.54 Å². The summed E-state index contributed by atoms with van der Waals surface area (Å²) in [7, 11) is 0. The molecule has 310 valence electrons. The Morgan fingerprint density at radius 3 is 1.44 bits per heavy atom. The third-order valence-electron chi connectivity index (χ3n) is 10.9. The molecule has 11 nitrogen and oxygen atoms in total. The Hall–Kier alpha value is -1.05. The summed E-state index contributed by atoms with van der Waals surface area (Å²) < 4.78 is 11.3. The molecule has 52 heavy (non-hydrogen) atoms. The highest BCUT2D eigenvalue weighted by Gasteiger charge is 2.45. The number of aliphatic hydroxyl groups excluding tert-OH is 6. The molecule has 8 atom stereocenters. The van der Waals surface area contributed by atoms with Crippen LogP contribution in [0.25, 0.3) is 0 Å². The summed E-state index contributed by atoms with van der Waals surface area (Å²) in [5.74, 6) is 0. The van der Waals surface area contributed by atoms with Gasteiger partial charge in [0.2, 0.25) is 0 Å². The standard InChI is InChI=1S/C41H82N2O9/c1-3-5-7-9-11-13-15-17-18-20-22-24-26-28-30-43(41(42)50)33(32-51-40-39(49)38(48)37(47)35(31-44)52-40)36(46)34(45)29-27-25-23-21-19-16-14-12-10-8-6-4-2/h33-40,44-49H,3-32H2,1-2H3,(H2,42,50)/t33-,34+,35+,36-,37-,38-,39+,40-/m0/s1. The third kappa shape index (κ3) is 21.7. The second-order valence-corrected chi connectivity index (χ2v) is 15.5. The normalized spacial score (nSPS) is 22.3. The van der Waals surface area contributed by atoms with Crippen molar-refractivity contribution < 1.29 is 44.9 Å². The summed E-state index contributed by atoms with van der Waals surface area (Å²) in [6.45, 7) is 3.78. The van der Waals surface area contributed by atoms with Crippen LogP contribution in [-0.2, 0) is 9.47 Å². The van der Waals surface area contributed by atoms with Crippen LogP contribution in [0, 0.1) is 0 Å². The molecular formula is C41H82N2O9. The molecular weight excluding hydrogens is 664 g/mol. The van der Waals surface area contributed by atoms with E-state index in [4.69, 9.17) is 15.2 Å². The summed E-state index contributed by atoms with van der Waals surface area (Å²) >= 11 is 0. The fourth-order valence-electron chi connectivity index (χ4n) is 7.31. The number of hydrogen-bond donors (Lipinski definition) is 7. The Labute approximate surface area is 317 Å². The molecule has 11 heteroatoms. The van der Waals surface area contributed by atoms with Crippen LogP contribution >= 0.6 is 0 Å². The van der Waals surface area contributed by atoms with E-state index in [0.717, 1.165) is 44.9 Å². The predicted octanol–water partition coefficient (Wildman–Crippen LogP) is 6.85. The van der Waals surface area contributed by atoms with E-state index < -0.39 is 61.6 Å². The van der Waals surface area contributed by atoms with Gasteiger partial charge in [-0.25, -0.2) is 4.79 Å². The van der Waals surface area contributed by atoms with Crippen molar-refractivity contribution in [1.82, 2.24) is 4.90 Å². The van der Waals surface area contributed by atoms with Gasteiger partial charge in [-0.15, -0.1) is 0 Å². The minimum atomic E-state index is -1.63. The van der Waals surface area contributed by atoms with E-state index in [1.165, 1.54) is 120 Å². The first kappa shape index (κ1) is 49.0. The molecule has 1 aliphatic heterocycles. The Bertz CT molecular complexity index is 823. The zero-order valence-corrected chi connectivity index (χ0v) is 33.3. The van der Waals surface area contributed by atoms with Crippen LogP contribution in [0.1, 0.15) is 187 Å². The van der Waals surface area contributed by atoms with Crippen molar-refractivity contribution in [1.29, 1.82) is 0 Å². The van der Waals surface area contributed by atoms with Gasteiger partial charge in [0.25, 0.3) is 0 Å². The molecule has 0 aliphatic carbocycles. The van der Waals surface area contributed by atoms with Gasteiger partial charge in [-0.1, -0.05) is 174 Å². The Morgan fingerprint density at radius 1 is 0.635 bits per heavy atom. The first-order valence-corrected chi connectivity index (χ1v) is 21.5. The highest BCUT2D eigenvalue weighted by atomic mass is 16.7. The van der Waals surface area contributed by atoms with Crippen LogP contribution in [0.15, 0.2) is 0 Å². The molecule has 0 radical (unpaired) electrons. The zero-order chi connectivity index (χ0) is 38.4. The van der Waals surface area contributed by atoms with Crippen molar-refractivity contribution in [2.45, 2.75) is 236 Å². The minimum Gasteiger partial charge on any atom is -0.394 e. The van der Waals surface area contributed by atoms with Gasteiger partial charge in [0.15, 0.2) is 6.29 Å². The maximum atomic E-state index is 12.7. The van der Waals surface area contributed by atoms with Crippen LogP contribution in [0.4, 0.5) is 4.79 Å². The number of carbonyl (C=O) groups is 1. The largest absolute Gasteiger partial charge is 0.394 e. The van der Waals surface area contributed by atoms with Gasteiger partial charge >= 0.3 is 6.03 Å². The van der Waals surface area contributed by atoms with Crippen LogP contribution in [0.3, 0.4) is 0 Å². The van der Waals surface area contributed by atoms with Crippen molar-refractivity contribution >= 4 is 6.03 Å². The van der Waals surface area contributed by atoms with E-state index in [-0.39, 0.29) is 13.2 Å². The Kier molecular flexibility index (Phi) is 30.3. The van der Waals surface area contributed by atoms with Crippen molar-refractivity contribution in [3.63, 3.8) is 0 Å². The number of unbranched alkanes of at least 4 members (excludes halogenated alkanes) is 24. The number of ether oxygens (including phenoxy) is 2. The summed E-state index contributed by atoms with van der Waals surface area (Å²) in [6, 6.07) is -1.80. The van der Waals surface area contributed by atoms with E-state index in [1.807, 2.05) is 0 Å². The lowest BCUT2D eigenvalue weighted by molar-refractivity contribution is -0.304. The lowest BCUT2D eigenvalue weighted by Crippen LogP contribution is -2.60. The number of primary amides is 1. The van der Waals surface area contributed by atoms with E-state index >= 15 is 0 Å². The third-order valence-corrected chi connectivity index (χ3v) is 10.9. The fraction of sp³-hybridized carbons (Fsp3) is 0.976. The molecule has 0 aromatic carbocycles. The van der Waals surface area contributed by atoms with Gasteiger partial charge in [-0.2, -0.15) is 0 Å². The number of hydrogen-bond acceptors (Lipinski definition) is 9. The molecule has 2 amide bonds. The molecule has 1 aliphatic rings. The maximum absolute atomic E-state index is 12.7. The molecule has 0 saturated carbocycles. The van der Waals surface area contributed by atoms with E-state index in [1.54, 1.807) is 0 Å². The molecule has 1 fully saturated rings. The van der Waals surface area contributed by atoms with Gasteiger partial charge in [0.05, 0.1) is 25.4 Å². The molecule has 0 spiro atoms. The van der Waals surface area contributed by atoms with Crippen LogP contribution in [-0.4, -0.2) is 110 Å². The predicted molar refractivity (Wildman–Crippen MR) is 208 cm³/mol.